The number of benzene rings is 2. The predicted molar refractivity (Wildman–Crippen MR) is 76.9 cm³/mol. The van der Waals surface area contributed by atoms with E-state index in [1.54, 1.807) is 18.2 Å². The summed E-state index contributed by atoms with van der Waals surface area (Å²) in [6.07, 6.45) is -1.05. The van der Waals surface area contributed by atoms with Crippen LogP contribution in [0, 0.1) is 11.6 Å². The van der Waals surface area contributed by atoms with Crippen LogP contribution in [0.1, 0.15) is 17.2 Å². The molecule has 0 amide bonds. The van der Waals surface area contributed by atoms with Crippen molar-refractivity contribution in [1.29, 1.82) is 0 Å². The maximum atomic E-state index is 13.7. The summed E-state index contributed by atoms with van der Waals surface area (Å²) < 4.78 is 28.5. The minimum atomic E-state index is -1.08. The molecule has 0 saturated carbocycles. The fraction of sp³-hybridized carbons (Fsp3) is 0.143. The molecule has 2 aromatic rings. The van der Waals surface area contributed by atoms with Gasteiger partial charge in [-0.1, -0.05) is 44.0 Å². The third-order valence-electron chi connectivity index (χ3n) is 2.75. The van der Waals surface area contributed by atoms with Crippen LogP contribution in [0.2, 0.25) is 0 Å². The molecular weight excluding hydrogens is 382 g/mol. The van der Waals surface area contributed by atoms with Gasteiger partial charge in [0.2, 0.25) is 0 Å². The first kappa shape index (κ1) is 14.6. The van der Waals surface area contributed by atoms with E-state index in [0.717, 1.165) is 0 Å². The molecule has 100 valence electrons. The summed E-state index contributed by atoms with van der Waals surface area (Å²) in [4.78, 5) is 0. The van der Waals surface area contributed by atoms with E-state index in [9.17, 15) is 13.9 Å². The van der Waals surface area contributed by atoms with Crippen molar-refractivity contribution in [2.24, 2.45) is 0 Å². The topological polar surface area (TPSA) is 20.2 Å². The third kappa shape index (κ3) is 3.61. The first-order valence-electron chi connectivity index (χ1n) is 5.54. The smallest absolute Gasteiger partial charge is 0.130 e. The average Bonchev–Trinajstić information content (AvgIpc) is 2.32. The summed E-state index contributed by atoms with van der Waals surface area (Å²) in [5.74, 6) is -0.940. The zero-order valence-corrected chi connectivity index (χ0v) is 12.9. The SMILES string of the molecule is OC(Cc1ccc(Br)cc1F)c1ccc(Br)cc1F. The van der Waals surface area contributed by atoms with Crippen molar-refractivity contribution in [1.82, 2.24) is 0 Å². The molecule has 0 aliphatic heterocycles. The fourth-order valence-corrected chi connectivity index (χ4v) is 2.44. The Morgan fingerprint density at radius 2 is 1.53 bits per heavy atom. The van der Waals surface area contributed by atoms with Gasteiger partial charge in [-0.2, -0.15) is 0 Å². The van der Waals surface area contributed by atoms with Crippen molar-refractivity contribution in [3.63, 3.8) is 0 Å². The highest BCUT2D eigenvalue weighted by Crippen LogP contribution is 2.25. The van der Waals surface area contributed by atoms with Crippen molar-refractivity contribution < 1.29 is 13.9 Å². The quantitative estimate of drug-likeness (QED) is 0.799. The Kier molecular flexibility index (Phi) is 4.71. The lowest BCUT2D eigenvalue weighted by Gasteiger charge is -2.13. The van der Waals surface area contributed by atoms with E-state index in [1.807, 2.05) is 0 Å². The van der Waals surface area contributed by atoms with Gasteiger partial charge in [0.25, 0.3) is 0 Å². The van der Waals surface area contributed by atoms with Gasteiger partial charge < -0.3 is 5.11 Å². The zero-order valence-electron chi connectivity index (χ0n) is 9.71. The predicted octanol–water partition coefficient (Wildman–Crippen LogP) is 4.77. The lowest BCUT2D eigenvalue weighted by atomic mass is 10.0. The van der Waals surface area contributed by atoms with Gasteiger partial charge in [-0.3, -0.25) is 0 Å². The number of rotatable bonds is 3. The molecular formula is C14H10Br2F2O. The van der Waals surface area contributed by atoms with E-state index in [4.69, 9.17) is 0 Å². The van der Waals surface area contributed by atoms with Crippen LogP contribution >= 0.6 is 31.9 Å². The second-order valence-electron chi connectivity index (χ2n) is 4.12. The Labute approximate surface area is 126 Å². The number of hydrogen-bond donors (Lipinski definition) is 1. The van der Waals surface area contributed by atoms with Crippen LogP contribution in [0.4, 0.5) is 8.78 Å². The van der Waals surface area contributed by atoms with Crippen LogP contribution in [0.3, 0.4) is 0 Å². The van der Waals surface area contributed by atoms with Crippen LogP contribution in [0.5, 0.6) is 0 Å². The van der Waals surface area contributed by atoms with Crippen molar-refractivity contribution >= 4 is 31.9 Å². The number of hydrogen-bond acceptors (Lipinski definition) is 1. The van der Waals surface area contributed by atoms with Gasteiger partial charge in [0.05, 0.1) is 6.10 Å². The van der Waals surface area contributed by atoms with Gasteiger partial charge >= 0.3 is 0 Å². The molecule has 5 heteroatoms. The van der Waals surface area contributed by atoms with Gasteiger partial charge in [-0.05, 0) is 29.8 Å². The number of aliphatic hydroxyl groups excluding tert-OH is 1. The Morgan fingerprint density at radius 3 is 2.11 bits per heavy atom. The van der Waals surface area contributed by atoms with Gasteiger partial charge in [-0.15, -0.1) is 0 Å². The van der Waals surface area contributed by atoms with Gasteiger partial charge in [0.15, 0.2) is 0 Å². The lowest BCUT2D eigenvalue weighted by molar-refractivity contribution is 0.172. The van der Waals surface area contributed by atoms with Crippen LogP contribution in [0.25, 0.3) is 0 Å². The summed E-state index contributed by atoms with van der Waals surface area (Å²) in [6.45, 7) is 0. The molecule has 1 nitrogen and oxygen atoms in total. The maximum absolute atomic E-state index is 13.7. The Hall–Kier alpha value is -0.780. The minimum absolute atomic E-state index is 0.0255. The van der Waals surface area contributed by atoms with Crippen LogP contribution in [0.15, 0.2) is 45.3 Å². The van der Waals surface area contributed by atoms with E-state index in [1.165, 1.54) is 18.2 Å². The van der Waals surface area contributed by atoms with E-state index in [2.05, 4.69) is 31.9 Å². The maximum Gasteiger partial charge on any atom is 0.130 e. The summed E-state index contributed by atoms with van der Waals surface area (Å²) in [6, 6.07) is 8.97. The molecule has 2 rings (SSSR count). The molecule has 0 radical (unpaired) electrons. The molecule has 0 spiro atoms. The molecule has 19 heavy (non-hydrogen) atoms. The highest BCUT2D eigenvalue weighted by molar-refractivity contribution is 9.10. The first-order valence-corrected chi connectivity index (χ1v) is 7.13. The molecule has 0 saturated heterocycles. The largest absolute Gasteiger partial charge is 0.388 e. The standard InChI is InChI=1S/C14H10Br2F2O/c15-9-2-1-8(12(17)6-9)5-14(19)11-4-3-10(16)7-13(11)18/h1-4,6-7,14,19H,5H2. The molecule has 0 heterocycles. The van der Waals surface area contributed by atoms with Gasteiger partial charge in [0, 0.05) is 20.9 Å². The summed E-state index contributed by atoms with van der Waals surface area (Å²) in [7, 11) is 0. The molecule has 2 aromatic carbocycles. The van der Waals surface area contributed by atoms with Gasteiger partial charge in [-0.25, -0.2) is 8.78 Å². The average molecular weight is 392 g/mol. The molecule has 0 aliphatic rings. The molecule has 0 aromatic heterocycles. The van der Waals surface area contributed by atoms with Crippen LogP contribution < -0.4 is 0 Å². The van der Waals surface area contributed by atoms with E-state index >= 15 is 0 Å². The second-order valence-corrected chi connectivity index (χ2v) is 5.95. The van der Waals surface area contributed by atoms with E-state index < -0.39 is 17.7 Å². The van der Waals surface area contributed by atoms with Crippen molar-refractivity contribution in [3.8, 4) is 0 Å². The molecule has 1 unspecified atom stereocenters. The minimum Gasteiger partial charge on any atom is -0.388 e. The summed E-state index contributed by atoms with van der Waals surface area (Å²) in [5, 5.41) is 10.0. The van der Waals surface area contributed by atoms with Crippen LogP contribution in [-0.2, 0) is 6.42 Å². The van der Waals surface area contributed by atoms with Crippen LogP contribution in [-0.4, -0.2) is 5.11 Å². The third-order valence-corrected chi connectivity index (χ3v) is 3.74. The fourth-order valence-electron chi connectivity index (χ4n) is 1.78. The molecule has 1 atom stereocenters. The van der Waals surface area contributed by atoms with Crippen molar-refractivity contribution in [3.05, 3.63) is 68.1 Å². The first-order chi connectivity index (χ1) is 8.97. The molecule has 0 bridgehead atoms. The molecule has 1 N–H and O–H groups in total. The Morgan fingerprint density at radius 1 is 0.947 bits per heavy atom. The zero-order chi connectivity index (χ0) is 14.0. The normalized spacial score (nSPS) is 12.5. The highest BCUT2D eigenvalue weighted by Gasteiger charge is 2.15. The van der Waals surface area contributed by atoms with E-state index in [-0.39, 0.29) is 12.0 Å². The summed E-state index contributed by atoms with van der Waals surface area (Å²) in [5.41, 5.74) is 0.503. The Bertz CT molecular complexity index is 602. The summed E-state index contributed by atoms with van der Waals surface area (Å²) >= 11 is 6.30. The van der Waals surface area contributed by atoms with Gasteiger partial charge in [0.1, 0.15) is 11.6 Å². The lowest BCUT2D eigenvalue weighted by Crippen LogP contribution is -2.05. The van der Waals surface area contributed by atoms with Crippen molar-refractivity contribution in [2.45, 2.75) is 12.5 Å². The monoisotopic (exact) mass is 390 g/mol. The highest BCUT2D eigenvalue weighted by atomic mass is 79.9. The number of aliphatic hydroxyl groups is 1. The second kappa shape index (κ2) is 6.11. The number of halogens is 4. The van der Waals surface area contributed by atoms with Crippen molar-refractivity contribution in [2.75, 3.05) is 0 Å². The molecule has 0 aliphatic carbocycles. The van der Waals surface area contributed by atoms with E-state index in [0.29, 0.717) is 14.5 Å². The molecule has 0 fully saturated rings. The Balaban J connectivity index is 2.23.